The van der Waals surface area contributed by atoms with Gasteiger partial charge >= 0.3 is 12.0 Å². The molecule has 0 bridgehead atoms. The van der Waals surface area contributed by atoms with Crippen LogP contribution in [0.2, 0.25) is 0 Å². The quantitative estimate of drug-likeness (QED) is 0.527. The molecule has 0 radical (unpaired) electrons. The first-order chi connectivity index (χ1) is 7.56. The number of aliphatic hydroxyl groups is 1. The lowest BCUT2D eigenvalue weighted by Gasteiger charge is -2.21. The molecule has 6 heteroatoms. The van der Waals surface area contributed by atoms with Crippen LogP contribution in [-0.2, 0) is 4.79 Å². The van der Waals surface area contributed by atoms with Gasteiger partial charge in [0.2, 0.25) is 0 Å². The molecular weight excluding hydrogens is 212 g/mol. The lowest BCUT2D eigenvalue weighted by Crippen LogP contribution is -2.49. The second-order valence-corrected chi connectivity index (χ2v) is 3.01. The number of aliphatic carboxylic acids is 1. The minimum atomic E-state index is -1.30. The Morgan fingerprint density at radius 1 is 1.31 bits per heavy atom. The van der Waals surface area contributed by atoms with Gasteiger partial charge in [0.05, 0.1) is 6.61 Å². The van der Waals surface area contributed by atoms with Gasteiger partial charge in [0.15, 0.2) is 6.04 Å². The SMILES string of the molecule is C=CCN(CC=C)C(=O)N[C@H](CO)C(=O)O. The number of carboxylic acids is 1. The largest absolute Gasteiger partial charge is 0.480 e. The van der Waals surface area contributed by atoms with Gasteiger partial charge in [-0.1, -0.05) is 12.2 Å². The number of aliphatic hydroxyl groups excluding tert-OH is 1. The smallest absolute Gasteiger partial charge is 0.328 e. The van der Waals surface area contributed by atoms with Crippen molar-refractivity contribution in [3.8, 4) is 0 Å². The number of nitrogens with one attached hydrogen (secondary N) is 1. The van der Waals surface area contributed by atoms with Crippen molar-refractivity contribution >= 4 is 12.0 Å². The van der Waals surface area contributed by atoms with Crippen LogP contribution in [0.15, 0.2) is 25.3 Å². The molecule has 0 heterocycles. The first-order valence-corrected chi connectivity index (χ1v) is 4.67. The summed E-state index contributed by atoms with van der Waals surface area (Å²) in [5.74, 6) is -1.28. The number of carboxylic acid groups (broad SMARTS) is 1. The molecule has 0 spiro atoms. The van der Waals surface area contributed by atoms with E-state index in [4.69, 9.17) is 10.2 Å². The Kier molecular flexibility index (Phi) is 6.62. The average molecular weight is 228 g/mol. The maximum atomic E-state index is 11.5. The van der Waals surface area contributed by atoms with Crippen molar-refractivity contribution in [3.63, 3.8) is 0 Å². The van der Waals surface area contributed by atoms with E-state index in [1.54, 1.807) is 0 Å². The van der Waals surface area contributed by atoms with Crippen LogP contribution in [0.1, 0.15) is 0 Å². The molecule has 0 aromatic rings. The lowest BCUT2D eigenvalue weighted by molar-refractivity contribution is -0.140. The Hall–Kier alpha value is -1.82. The molecule has 16 heavy (non-hydrogen) atoms. The predicted octanol–water partition coefficient (Wildman–Crippen LogP) is -0.185. The summed E-state index contributed by atoms with van der Waals surface area (Å²) in [6.45, 7) is 6.85. The number of urea groups is 1. The van der Waals surface area contributed by atoms with Crippen molar-refractivity contribution < 1.29 is 19.8 Å². The summed E-state index contributed by atoms with van der Waals surface area (Å²) in [7, 11) is 0. The van der Waals surface area contributed by atoms with E-state index in [0.29, 0.717) is 0 Å². The number of nitrogens with zero attached hydrogens (tertiary/aromatic N) is 1. The highest BCUT2D eigenvalue weighted by Gasteiger charge is 2.21. The van der Waals surface area contributed by atoms with E-state index in [0.717, 1.165) is 0 Å². The minimum Gasteiger partial charge on any atom is -0.480 e. The molecule has 0 aromatic carbocycles. The van der Waals surface area contributed by atoms with Gasteiger partial charge in [0.1, 0.15) is 0 Å². The van der Waals surface area contributed by atoms with Crippen molar-refractivity contribution in [2.75, 3.05) is 19.7 Å². The summed E-state index contributed by atoms with van der Waals surface area (Å²) < 4.78 is 0. The van der Waals surface area contributed by atoms with Gasteiger partial charge in [0.25, 0.3) is 0 Å². The zero-order valence-corrected chi connectivity index (χ0v) is 8.93. The fraction of sp³-hybridized carbons (Fsp3) is 0.400. The van der Waals surface area contributed by atoms with Gasteiger partial charge in [-0.3, -0.25) is 0 Å². The molecule has 0 unspecified atom stereocenters. The molecule has 0 saturated carbocycles. The predicted molar refractivity (Wildman–Crippen MR) is 59.0 cm³/mol. The van der Waals surface area contributed by atoms with E-state index in [1.807, 2.05) is 0 Å². The summed E-state index contributed by atoms with van der Waals surface area (Å²) in [6, 6.07) is -1.88. The van der Waals surface area contributed by atoms with Gasteiger partial charge in [-0.05, 0) is 0 Å². The number of hydrogen-bond acceptors (Lipinski definition) is 3. The highest BCUT2D eigenvalue weighted by atomic mass is 16.4. The molecule has 0 rings (SSSR count). The maximum absolute atomic E-state index is 11.5. The average Bonchev–Trinajstić information content (AvgIpc) is 2.24. The van der Waals surface area contributed by atoms with E-state index in [-0.39, 0.29) is 13.1 Å². The lowest BCUT2D eigenvalue weighted by atomic mass is 10.3. The monoisotopic (exact) mass is 228 g/mol. The van der Waals surface area contributed by atoms with Crippen LogP contribution < -0.4 is 5.32 Å². The third-order valence-electron chi connectivity index (χ3n) is 1.76. The number of rotatable bonds is 7. The van der Waals surface area contributed by atoms with Gasteiger partial charge in [0, 0.05) is 13.1 Å². The van der Waals surface area contributed by atoms with E-state index >= 15 is 0 Å². The van der Waals surface area contributed by atoms with Crippen LogP contribution in [0, 0.1) is 0 Å². The van der Waals surface area contributed by atoms with Gasteiger partial charge in [-0.25, -0.2) is 9.59 Å². The van der Waals surface area contributed by atoms with Crippen LogP contribution in [0.25, 0.3) is 0 Å². The minimum absolute atomic E-state index is 0.273. The Balaban J connectivity index is 4.42. The zero-order valence-electron chi connectivity index (χ0n) is 8.93. The molecule has 0 aromatic heterocycles. The number of hydrogen-bond donors (Lipinski definition) is 3. The van der Waals surface area contributed by atoms with Gasteiger partial charge in [-0.15, -0.1) is 13.2 Å². The molecule has 0 fully saturated rings. The molecule has 0 aliphatic heterocycles. The first-order valence-electron chi connectivity index (χ1n) is 4.67. The van der Waals surface area contributed by atoms with Crippen LogP contribution >= 0.6 is 0 Å². The van der Waals surface area contributed by atoms with Crippen LogP contribution in [0.4, 0.5) is 4.79 Å². The van der Waals surface area contributed by atoms with Crippen LogP contribution in [0.5, 0.6) is 0 Å². The second kappa shape index (κ2) is 7.47. The Morgan fingerprint density at radius 2 is 1.81 bits per heavy atom. The topological polar surface area (TPSA) is 89.9 Å². The first kappa shape index (κ1) is 14.2. The summed E-state index contributed by atoms with van der Waals surface area (Å²) in [5, 5.41) is 19.5. The molecule has 6 nitrogen and oxygen atoms in total. The van der Waals surface area contributed by atoms with E-state index in [1.165, 1.54) is 17.1 Å². The zero-order chi connectivity index (χ0) is 12.6. The van der Waals surface area contributed by atoms with E-state index < -0.39 is 24.6 Å². The molecule has 0 saturated heterocycles. The van der Waals surface area contributed by atoms with E-state index in [9.17, 15) is 9.59 Å². The Morgan fingerprint density at radius 3 is 2.12 bits per heavy atom. The van der Waals surface area contributed by atoms with Crippen LogP contribution in [0.3, 0.4) is 0 Å². The fourth-order valence-electron chi connectivity index (χ4n) is 0.978. The number of carbonyl (C=O) groups is 2. The van der Waals surface area contributed by atoms with Crippen molar-refractivity contribution in [1.82, 2.24) is 10.2 Å². The molecular formula is C10H16N2O4. The van der Waals surface area contributed by atoms with Crippen molar-refractivity contribution in [1.29, 1.82) is 0 Å². The molecule has 3 N–H and O–H groups in total. The maximum Gasteiger partial charge on any atom is 0.328 e. The molecule has 0 aliphatic carbocycles. The highest BCUT2D eigenvalue weighted by molar-refractivity contribution is 5.82. The summed E-state index contributed by atoms with van der Waals surface area (Å²) in [4.78, 5) is 23.4. The normalized spacial score (nSPS) is 11.3. The standard InChI is InChI=1S/C10H16N2O4/c1-3-5-12(6-4-2)10(16)11-8(7-13)9(14)15/h3-4,8,13H,1-2,5-7H2,(H,11,16)(H,14,15)/t8-/m1/s1. The highest BCUT2D eigenvalue weighted by Crippen LogP contribution is 1.93. The molecule has 90 valence electrons. The third-order valence-corrected chi connectivity index (χ3v) is 1.76. The van der Waals surface area contributed by atoms with Gasteiger partial charge in [-0.2, -0.15) is 0 Å². The molecule has 0 aliphatic rings. The summed E-state index contributed by atoms with van der Waals surface area (Å²) in [5.41, 5.74) is 0. The molecule has 1 atom stereocenters. The van der Waals surface area contributed by atoms with Crippen molar-refractivity contribution in [3.05, 3.63) is 25.3 Å². The second-order valence-electron chi connectivity index (χ2n) is 3.01. The summed E-state index contributed by atoms with van der Waals surface area (Å²) in [6.07, 6.45) is 3.02. The summed E-state index contributed by atoms with van der Waals surface area (Å²) >= 11 is 0. The van der Waals surface area contributed by atoms with Crippen molar-refractivity contribution in [2.24, 2.45) is 0 Å². The fourth-order valence-corrected chi connectivity index (χ4v) is 0.978. The van der Waals surface area contributed by atoms with Crippen molar-refractivity contribution in [2.45, 2.75) is 6.04 Å². The number of amides is 2. The Bertz CT molecular complexity index is 268. The van der Waals surface area contributed by atoms with Crippen LogP contribution in [-0.4, -0.2) is 52.9 Å². The van der Waals surface area contributed by atoms with E-state index in [2.05, 4.69) is 18.5 Å². The van der Waals surface area contributed by atoms with Gasteiger partial charge < -0.3 is 20.4 Å². The number of carbonyl (C=O) groups excluding carboxylic acids is 1. The molecule has 2 amide bonds. The Labute approximate surface area is 93.9 Å². The third kappa shape index (κ3) is 4.61.